The third kappa shape index (κ3) is 4.88. The van der Waals surface area contributed by atoms with Gasteiger partial charge in [0.25, 0.3) is 0 Å². The van der Waals surface area contributed by atoms with Crippen molar-refractivity contribution in [1.82, 2.24) is 19.5 Å². The minimum atomic E-state index is -3.82. The maximum Gasteiger partial charge on any atom is 0.221 e. The average Bonchev–Trinajstić information content (AvgIpc) is 3.38. The zero-order valence-electron chi connectivity index (χ0n) is 21.3. The number of hydrogen-bond acceptors (Lipinski definition) is 6. The van der Waals surface area contributed by atoms with E-state index in [-0.39, 0.29) is 48.8 Å². The number of halogens is 2. The number of rotatable bonds is 7. The summed E-state index contributed by atoms with van der Waals surface area (Å²) in [5.41, 5.74) is -1.46. The van der Waals surface area contributed by atoms with Gasteiger partial charge in [0.15, 0.2) is 5.82 Å². The lowest BCUT2D eigenvalue weighted by molar-refractivity contribution is -0.0923. The van der Waals surface area contributed by atoms with Gasteiger partial charge in [-0.2, -0.15) is 9.40 Å². The number of hydrogen-bond donors (Lipinski definition) is 3. The van der Waals surface area contributed by atoms with Crippen LogP contribution in [0.15, 0.2) is 48.8 Å². The number of H-pyrrole nitrogens is 1. The molecule has 38 heavy (non-hydrogen) atoms. The van der Waals surface area contributed by atoms with Crippen molar-refractivity contribution in [3.05, 3.63) is 82.9 Å². The molecule has 1 saturated heterocycles. The molecular formula is C27H32F2N4O4S. The number of nitrogens with one attached hydrogen (secondary N) is 1. The largest absolute Gasteiger partial charge is 0.390 e. The lowest BCUT2D eigenvalue weighted by Crippen LogP contribution is -2.54. The first-order chi connectivity index (χ1) is 17.9. The molecule has 2 aliphatic rings. The Hall–Kier alpha value is -2.73. The highest BCUT2D eigenvalue weighted by Crippen LogP contribution is 2.55. The number of aromatic amines is 1. The summed E-state index contributed by atoms with van der Waals surface area (Å²) in [6.07, 6.45) is 1.42. The second-order valence-corrected chi connectivity index (χ2v) is 13.1. The predicted molar refractivity (Wildman–Crippen MR) is 136 cm³/mol. The number of sulfonamides is 1. The average molecular weight is 547 g/mol. The van der Waals surface area contributed by atoms with E-state index in [9.17, 15) is 18.6 Å². The summed E-state index contributed by atoms with van der Waals surface area (Å²) in [7, 11) is -3.82. The van der Waals surface area contributed by atoms with Gasteiger partial charge in [0, 0.05) is 23.6 Å². The summed E-state index contributed by atoms with van der Waals surface area (Å²) in [4.78, 5) is 3.95. The zero-order chi connectivity index (χ0) is 27.3. The van der Waals surface area contributed by atoms with Crippen molar-refractivity contribution in [2.45, 2.75) is 80.9 Å². The van der Waals surface area contributed by atoms with E-state index in [1.54, 1.807) is 38.1 Å². The van der Waals surface area contributed by atoms with Gasteiger partial charge in [-0.05, 0) is 69.2 Å². The third-order valence-corrected chi connectivity index (χ3v) is 10.4. The van der Waals surface area contributed by atoms with Crippen molar-refractivity contribution in [2.75, 3.05) is 0 Å². The van der Waals surface area contributed by atoms with Gasteiger partial charge in [-0.25, -0.2) is 22.2 Å². The molecule has 1 aromatic heterocycles. The van der Waals surface area contributed by atoms with Crippen LogP contribution >= 0.6 is 0 Å². The van der Waals surface area contributed by atoms with Crippen LogP contribution in [0.5, 0.6) is 0 Å². The second-order valence-electron chi connectivity index (χ2n) is 11.1. The molecule has 0 bridgehead atoms. The molecule has 0 amide bonds. The number of benzene rings is 2. The molecule has 3 atom stereocenters. The van der Waals surface area contributed by atoms with Gasteiger partial charge in [0.2, 0.25) is 10.0 Å². The molecule has 1 saturated carbocycles. The molecule has 0 radical (unpaired) electrons. The van der Waals surface area contributed by atoms with Crippen LogP contribution in [0.25, 0.3) is 0 Å². The SMILES string of the molecule is C[C@H]1CC[C@H](c2ccccc2)S(=O)(=O)N1Cc1cc(F)c(C2(CC(O)c3ncn[nH]3)CC(C)(O)C2)cc1F. The van der Waals surface area contributed by atoms with Gasteiger partial charge in [-0.1, -0.05) is 30.3 Å². The molecule has 1 aliphatic heterocycles. The standard InChI is InChI=1S/C27H32F2N4O4S/c1-17-8-9-24(18-6-4-3-5-7-18)38(36,37)33(17)13-19-10-22(29)20(11-21(19)28)27(14-26(2,35)15-27)12-23(34)25-30-16-31-32-25/h3-7,10-11,16-17,23-24,34-35H,8-9,12-15H2,1-2H3,(H,30,31,32)/t17-,23?,24+,26?,27?/m0/s1. The first kappa shape index (κ1) is 26.9. The van der Waals surface area contributed by atoms with E-state index in [4.69, 9.17) is 0 Å². The summed E-state index contributed by atoms with van der Waals surface area (Å²) >= 11 is 0. The Morgan fingerprint density at radius 2 is 1.87 bits per heavy atom. The Kier molecular flexibility index (Phi) is 6.91. The molecule has 3 aromatic rings. The molecule has 8 nitrogen and oxygen atoms in total. The first-order valence-electron chi connectivity index (χ1n) is 12.7. The maximum atomic E-state index is 15.6. The van der Waals surface area contributed by atoms with Crippen LogP contribution in [0.3, 0.4) is 0 Å². The van der Waals surface area contributed by atoms with Gasteiger partial charge in [0.1, 0.15) is 29.3 Å². The lowest BCUT2D eigenvalue weighted by Gasteiger charge is -2.53. The summed E-state index contributed by atoms with van der Waals surface area (Å²) in [5, 5.41) is 26.7. The zero-order valence-corrected chi connectivity index (χ0v) is 22.1. The van der Waals surface area contributed by atoms with Crippen LogP contribution in [0.4, 0.5) is 8.78 Å². The molecule has 204 valence electrons. The molecule has 2 fully saturated rings. The van der Waals surface area contributed by atoms with Crippen LogP contribution in [0.1, 0.15) is 79.8 Å². The Morgan fingerprint density at radius 1 is 1.16 bits per heavy atom. The summed E-state index contributed by atoms with van der Waals surface area (Å²) < 4.78 is 59.5. The van der Waals surface area contributed by atoms with Crippen molar-refractivity contribution >= 4 is 10.0 Å². The Labute approximate surface area is 220 Å². The molecule has 0 spiro atoms. The monoisotopic (exact) mass is 546 g/mol. The maximum absolute atomic E-state index is 15.6. The molecular weight excluding hydrogens is 514 g/mol. The molecule has 3 N–H and O–H groups in total. The topological polar surface area (TPSA) is 119 Å². The first-order valence-corrected chi connectivity index (χ1v) is 14.2. The smallest absolute Gasteiger partial charge is 0.221 e. The number of aromatic nitrogens is 3. The van der Waals surface area contributed by atoms with Crippen LogP contribution < -0.4 is 0 Å². The molecule has 1 aliphatic carbocycles. The second kappa shape index (κ2) is 9.78. The minimum Gasteiger partial charge on any atom is -0.390 e. The van der Waals surface area contributed by atoms with E-state index in [0.29, 0.717) is 18.4 Å². The van der Waals surface area contributed by atoms with Gasteiger partial charge in [0.05, 0.1) is 5.60 Å². The van der Waals surface area contributed by atoms with Crippen molar-refractivity contribution in [1.29, 1.82) is 0 Å². The van der Waals surface area contributed by atoms with Crippen molar-refractivity contribution < 1.29 is 27.4 Å². The fourth-order valence-electron chi connectivity index (χ4n) is 6.33. The van der Waals surface area contributed by atoms with E-state index in [1.165, 1.54) is 10.6 Å². The Morgan fingerprint density at radius 3 is 2.50 bits per heavy atom. The van der Waals surface area contributed by atoms with Gasteiger partial charge >= 0.3 is 0 Å². The van der Waals surface area contributed by atoms with Crippen LogP contribution in [0, 0.1) is 11.6 Å². The number of nitrogens with zero attached hydrogens (tertiary/aromatic N) is 3. The van der Waals surface area contributed by atoms with Crippen LogP contribution in [0.2, 0.25) is 0 Å². The van der Waals surface area contributed by atoms with Gasteiger partial charge in [-0.3, -0.25) is 5.10 Å². The van der Waals surface area contributed by atoms with Crippen molar-refractivity contribution in [2.24, 2.45) is 0 Å². The highest BCUT2D eigenvalue weighted by Gasteiger charge is 2.54. The highest BCUT2D eigenvalue weighted by molar-refractivity contribution is 7.89. The van der Waals surface area contributed by atoms with E-state index in [0.717, 1.165) is 12.1 Å². The fourth-order valence-corrected chi connectivity index (χ4v) is 8.52. The molecule has 2 heterocycles. The van der Waals surface area contributed by atoms with E-state index < -0.39 is 44.0 Å². The van der Waals surface area contributed by atoms with E-state index in [2.05, 4.69) is 15.2 Å². The highest BCUT2D eigenvalue weighted by atomic mass is 32.2. The summed E-state index contributed by atoms with van der Waals surface area (Å²) in [6.45, 7) is 3.10. The van der Waals surface area contributed by atoms with Gasteiger partial charge in [-0.15, -0.1) is 0 Å². The van der Waals surface area contributed by atoms with Gasteiger partial charge < -0.3 is 10.2 Å². The fraction of sp³-hybridized carbons (Fsp3) is 0.481. The predicted octanol–water partition coefficient (Wildman–Crippen LogP) is 4.04. The van der Waals surface area contributed by atoms with Crippen LogP contribution in [-0.4, -0.2) is 49.8 Å². The summed E-state index contributed by atoms with van der Waals surface area (Å²) in [5.74, 6) is -1.24. The third-order valence-electron chi connectivity index (χ3n) is 8.00. The number of aliphatic hydroxyl groups is 2. The van der Waals surface area contributed by atoms with E-state index in [1.807, 2.05) is 6.07 Å². The minimum absolute atomic E-state index is 0.00431. The Balaban J connectivity index is 1.44. The van der Waals surface area contributed by atoms with Crippen molar-refractivity contribution in [3.63, 3.8) is 0 Å². The molecule has 11 heteroatoms. The van der Waals surface area contributed by atoms with Crippen LogP contribution in [-0.2, 0) is 22.0 Å². The molecule has 2 aromatic carbocycles. The Bertz CT molecular complexity index is 1390. The van der Waals surface area contributed by atoms with Crippen molar-refractivity contribution in [3.8, 4) is 0 Å². The normalized spacial score (nSPS) is 30.1. The lowest BCUT2D eigenvalue weighted by atomic mass is 9.54. The quantitative estimate of drug-likeness (QED) is 0.412. The number of aliphatic hydroxyl groups excluding tert-OH is 1. The van der Waals surface area contributed by atoms with E-state index >= 15 is 8.78 Å². The molecule has 5 rings (SSSR count). The molecule has 1 unspecified atom stereocenters. The summed E-state index contributed by atoms with van der Waals surface area (Å²) in [6, 6.07) is 10.7.